The Morgan fingerprint density at radius 1 is 0.838 bits per heavy atom. The SMILES string of the molecule is CCOC(=O)[C@@](C)(CC)Oc1ccc(OC/C=C(\C)c2ccc(-c3ccc(C(F)(F)F)cc3)cc2)cc1. The minimum Gasteiger partial charge on any atom is -0.490 e. The van der Waals surface area contributed by atoms with Crippen LogP contribution in [0.5, 0.6) is 11.5 Å². The molecular formula is C30H31F3O4. The molecule has 0 spiro atoms. The lowest BCUT2D eigenvalue weighted by molar-refractivity contribution is -0.160. The van der Waals surface area contributed by atoms with Gasteiger partial charge in [-0.1, -0.05) is 43.3 Å². The van der Waals surface area contributed by atoms with E-state index in [2.05, 4.69) is 0 Å². The van der Waals surface area contributed by atoms with Crippen LogP contribution in [0.2, 0.25) is 0 Å². The summed E-state index contributed by atoms with van der Waals surface area (Å²) in [6.07, 6.45) is -1.92. The van der Waals surface area contributed by atoms with Crippen LogP contribution in [0.15, 0.2) is 78.9 Å². The van der Waals surface area contributed by atoms with Gasteiger partial charge < -0.3 is 14.2 Å². The molecule has 0 amide bonds. The number of rotatable bonds is 10. The molecule has 3 rings (SSSR count). The number of carbonyl (C=O) groups excluding carboxylic acids is 1. The molecule has 0 N–H and O–H groups in total. The Hall–Kier alpha value is -3.74. The van der Waals surface area contributed by atoms with Crippen molar-refractivity contribution in [3.63, 3.8) is 0 Å². The van der Waals surface area contributed by atoms with E-state index in [0.717, 1.165) is 34.4 Å². The van der Waals surface area contributed by atoms with Crippen LogP contribution in [0.3, 0.4) is 0 Å². The maximum absolute atomic E-state index is 12.8. The molecule has 0 aliphatic rings. The summed E-state index contributed by atoms with van der Waals surface area (Å²) in [7, 11) is 0. The van der Waals surface area contributed by atoms with Gasteiger partial charge in [0.05, 0.1) is 12.2 Å². The fourth-order valence-corrected chi connectivity index (χ4v) is 3.56. The van der Waals surface area contributed by atoms with Gasteiger partial charge in [-0.25, -0.2) is 4.79 Å². The minimum atomic E-state index is -4.34. The maximum Gasteiger partial charge on any atom is 0.416 e. The van der Waals surface area contributed by atoms with Gasteiger partial charge >= 0.3 is 12.1 Å². The number of carbonyl (C=O) groups is 1. The number of alkyl halides is 3. The summed E-state index contributed by atoms with van der Waals surface area (Å²) >= 11 is 0. The first kappa shape index (κ1) is 27.8. The average Bonchev–Trinajstić information content (AvgIpc) is 2.89. The molecule has 0 aliphatic carbocycles. The van der Waals surface area contributed by atoms with Crippen molar-refractivity contribution in [2.24, 2.45) is 0 Å². The number of allylic oxidation sites excluding steroid dienone is 1. The van der Waals surface area contributed by atoms with Gasteiger partial charge in [0.25, 0.3) is 0 Å². The third-order valence-electron chi connectivity index (χ3n) is 6.07. The van der Waals surface area contributed by atoms with Gasteiger partial charge in [0.1, 0.15) is 18.1 Å². The maximum atomic E-state index is 12.8. The van der Waals surface area contributed by atoms with Gasteiger partial charge in [-0.2, -0.15) is 13.2 Å². The molecule has 1 atom stereocenters. The zero-order valence-electron chi connectivity index (χ0n) is 21.4. The van der Waals surface area contributed by atoms with Gasteiger partial charge in [-0.05, 0) is 91.9 Å². The standard InChI is InChI=1S/C30H31F3O4/c1-5-29(4,28(34)35-6-2)37-27-17-15-26(16-18-27)36-20-19-21(3)22-7-9-23(10-8-22)24-11-13-25(14-12-24)30(31,32)33/h7-19H,5-6,20H2,1-4H3/b21-19+/t29-/m1/s1. The Labute approximate surface area is 215 Å². The first-order chi connectivity index (χ1) is 17.6. The number of hydrogen-bond donors (Lipinski definition) is 0. The highest BCUT2D eigenvalue weighted by Crippen LogP contribution is 2.31. The fraction of sp³-hybridized carbons (Fsp3) is 0.300. The van der Waals surface area contributed by atoms with E-state index in [1.54, 1.807) is 38.1 Å². The topological polar surface area (TPSA) is 44.8 Å². The predicted octanol–water partition coefficient (Wildman–Crippen LogP) is 7.97. The van der Waals surface area contributed by atoms with E-state index in [1.165, 1.54) is 12.1 Å². The molecule has 3 aromatic carbocycles. The molecule has 7 heteroatoms. The molecule has 0 radical (unpaired) electrons. The van der Waals surface area contributed by atoms with Crippen LogP contribution in [-0.4, -0.2) is 24.8 Å². The molecule has 3 aromatic rings. The van der Waals surface area contributed by atoms with Crippen molar-refractivity contribution in [3.05, 3.63) is 90.0 Å². The molecule has 0 saturated heterocycles. The average molecular weight is 513 g/mol. The first-order valence-corrected chi connectivity index (χ1v) is 12.1. The molecule has 0 bridgehead atoms. The smallest absolute Gasteiger partial charge is 0.416 e. The van der Waals surface area contributed by atoms with Gasteiger partial charge in [0, 0.05) is 0 Å². The minimum absolute atomic E-state index is 0.292. The molecule has 0 aliphatic heterocycles. The van der Waals surface area contributed by atoms with Crippen LogP contribution in [0.25, 0.3) is 16.7 Å². The molecule has 0 unspecified atom stereocenters. The van der Waals surface area contributed by atoms with Crippen molar-refractivity contribution in [2.45, 2.75) is 45.9 Å². The molecular weight excluding hydrogens is 481 g/mol. The zero-order valence-corrected chi connectivity index (χ0v) is 21.4. The Morgan fingerprint density at radius 3 is 1.89 bits per heavy atom. The Morgan fingerprint density at radius 2 is 1.38 bits per heavy atom. The summed E-state index contributed by atoms with van der Waals surface area (Å²) < 4.78 is 55.2. The monoisotopic (exact) mass is 512 g/mol. The summed E-state index contributed by atoms with van der Waals surface area (Å²) in [5.74, 6) is 0.804. The summed E-state index contributed by atoms with van der Waals surface area (Å²) in [6.45, 7) is 7.94. The van der Waals surface area contributed by atoms with Gasteiger partial charge in [0.15, 0.2) is 0 Å². The predicted molar refractivity (Wildman–Crippen MR) is 138 cm³/mol. The van der Waals surface area contributed by atoms with Gasteiger partial charge in [-0.15, -0.1) is 0 Å². The van der Waals surface area contributed by atoms with Crippen molar-refractivity contribution in [1.29, 1.82) is 0 Å². The van der Waals surface area contributed by atoms with E-state index in [-0.39, 0.29) is 0 Å². The van der Waals surface area contributed by atoms with E-state index in [9.17, 15) is 18.0 Å². The second-order valence-corrected chi connectivity index (χ2v) is 8.73. The van der Waals surface area contributed by atoms with E-state index in [4.69, 9.17) is 14.2 Å². The Bertz CT molecular complexity index is 1200. The largest absolute Gasteiger partial charge is 0.490 e. The lowest BCUT2D eigenvalue weighted by atomic mass is 10.00. The molecule has 196 valence electrons. The molecule has 0 heterocycles. The van der Waals surface area contributed by atoms with E-state index in [1.807, 2.05) is 44.2 Å². The molecule has 37 heavy (non-hydrogen) atoms. The third-order valence-corrected chi connectivity index (χ3v) is 6.07. The summed E-state index contributed by atoms with van der Waals surface area (Å²) in [5.41, 5.74) is 1.84. The van der Waals surface area contributed by atoms with Crippen molar-refractivity contribution in [1.82, 2.24) is 0 Å². The zero-order chi connectivity index (χ0) is 27.1. The van der Waals surface area contributed by atoms with Crippen molar-refractivity contribution in [2.75, 3.05) is 13.2 Å². The second kappa shape index (κ2) is 12.0. The Kier molecular flexibility index (Phi) is 9.03. The van der Waals surface area contributed by atoms with Gasteiger partial charge in [0.2, 0.25) is 5.60 Å². The van der Waals surface area contributed by atoms with Crippen LogP contribution < -0.4 is 9.47 Å². The molecule has 4 nitrogen and oxygen atoms in total. The van der Waals surface area contributed by atoms with Crippen LogP contribution in [0.1, 0.15) is 45.2 Å². The summed E-state index contributed by atoms with van der Waals surface area (Å²) in [4.78, 5) is 12.2. The Balaban J connectivity index is 1.57. The van der Waals surface area contributed by atoms with Crippen molar-refractivity contribution >= 4 is 11.5 Å². The van der Waals surface area contributed by atoms with Crippen LogP contribution in [-0.2, 0) is 15.7 Å². The van der Waals surface area contributed by atoms with Gasteiger partial charge in [-0.3, -0.25) is 0 Å². The van der Waals surface area contributed by atoms with E-state index < -0.39 is 23.3 Å². The highest BCUT2D eigenvalue weighted by Gasteiger charge is 2.35. The highest BCUT2D eigenvalue weighted by atomic mass is 19.4. The second-order valence-electron chi connectivity index (χ2n) is 8.73. The number of benzene rings is 3. The molecule has 0 saturated carbocycles. The molecule has 0 aromatic heterocycles. The van der Waals surface area contributed by atoms with E-state index >= 15 is 0 Å². The quantitative estimate of drug-likeness (QED) is 0.259. The van der Waals surface area contributed by atoms with Crippen LogP contribution in [0.4, 0.5) is 13.2 Å². The lowest BCUT2D eigenvalue weighted by Gasteiger charge is -2.27. The van der Waals surface area contributed by atoms with Crippen LogP contribution >= 0.6 is 0 Å². The van der Waals surface area contributed by atoms with Crippen molar-refractivity contribution in [3.8, 4) is 22.6 Å². The number of halogens is 3. The van der Waals surface area contributed by atoms with Crippen LogP contribution in [0, 0.1) is 0 Å². The number of esters is 1. The van der Waals surface area contributed by atoms with E-state index in [0.29, 0.717) is 31.1 Å². The summed E-state index contributed by atoms with van der Waals surface area (Å²) in [5, 5.41) is 0. The van der Waals surface area contributed by atoms with Crippen molar-refractivity contribution < 1.29 is 32.2 Å². The summed E-state index contributed by atoms with van der Waals surface area (Å²) in [6, 6.07) is 19.8. The highest BCUT2D eigenvalue weighted by molar-refractivity contribution is 5.79. The lowest BCUT2D eigenvalue weighted by Crippen LogP contribution is -2.42. The fourth-order valence-electron chi connectivity index (χ4n) is 3.56. The molecule has 0 fully saturated rings. The number of hydrogen-bond acceptors (Lipinski definition) is 4. The normalized spacial score (nSPS) is 13.5. The first-order valence-electron chi connectivity index (χ1n) is 12.1. The number of ether oxygens (including phenoxy) is 3. The third kappa shape index (κ3) is 7.38.